The van der Waals surface area contributed by atoms with Gasteiger partial charge in [-0.2, -0.15) is 0 Å². The second-order valence-corrected chi connectivity index (χ2v) is 9.40. The Kier molecular flexibility index (Phi) is 5.30. The van der Waals surface area contributed by atoms with Gasteiger partial charge in [-0.1, -0.05) is 32.0 Å². The quantitative estimate of drug-likeness (QED) is 0.780. The third kappa shape index (κ3) is 4.17. The summed E-state index contributed by atoms with van der Waals surface area (Å²) in [6.07, 6.45) is 2.54. The van der Waals surface area contributed by atoms with Crippen molar-refractivity contribution in [1.29, 1.82) is 0 Å². The lowest BCUT2D eigenvalue weighted by molar-refractivity contribution is 0.00619. The van der Waals surface area contributed by atoms with Crippen LogP contribution in [-0.4, -0.2) is 49.9 Å². The Morgan fingerprint density at radius 2 is 2.08 bits per heavy atom. The molecular formula is C18H28N2O3S. The Labute approximate surface area is 145 Å². The van der Waals surface area contributed by atoms with E-state index < -0.39 is 10.0 Å². The van der Waals surface area contributed by atoms with Crippen molar-refractivity contribution in [2.45, 2.75) is 45.3 Å². The third-order valence-corrected chi connectivity index (χ3v) is 6.30. The highest BCUT2D eigenvalue weighted by Gasteiger charge is 2.30. The van der Waals surface area contributed by atoms with Crippen LogP contribution in [0.15, 0.2) is 18.2 Å². The van der Waals surface area contributed by atoms with Gasteiger partial charge in [0.25, 0.3) is 0 Å². The molecule has 1 unspecified atom stereocenters. The van der Waals surface area contributed by atoms with Crippen molar-refractivity contribution in [2.24, 2.45) is 5.92 Å². The summed E-state index contributed by atoms with van der Waals surface area (Å²) in [5, 5.41) is 9.27. The van der Waals surface area contributed by atoms with Gasteiger partial charge in [-0.15, -0.1) is 0 Å². The summed E-state index contributed by atoms with van der Waals surface area (Å²) in [4.78, 5) is 1.97. The summed E-state index contributed by atoms with van der Waals surface area (Å²) >= 11 is 0. The van der Waals surface area contributed by atoms with Crippen LogP contribution >= 0.6 is 0 Å². The number of aliphatic hydroxyl groups excluding tert-OH is 1. The van der Waals surface area contributed by atoms with E-state index in [1.807, 2.05) is 11.0 Å². The molecule has 3 rings (SSSR count). The van der Waals surface area contributed by atoms with Crippen molar-refractivity contribution < 1.29 is 13.5 Å². The van der Waals surface area contributed by atoms with Gasteiger partial charge >= 0.3 is 0 Å². The topological polar surface area (TPSA) is 69.6 Å². The first-order valence-corrected chi connectivity index (χ1v) is 10.5. The Morgan fingerprint density at radius 1 is 1.33 bits per heavy atom. The molecular weight excluding hydrogens is 324 g/mol. The number of fused-ring (bicyclic) bond motifs is 1. The SMILES string of the molecule is CC(C)Cc1cccc2c1CCC2NS(=O)(=O)CCN1CC(O)C1. The Balaban J connectivity index is 1.63. The molecule has 0 amide bonds. The van der Waals surface area contributed by atoms with Gasteiger partial charge in [0.1, 0.15) is 0 Å². The van der Waals surface area contributed by atoms with Crippen LogP contribution in [0.1, 0.15) is 43.0 Å². The molecule has 1 saturated heterocycles. The first kappa shape index (κ1) is 17.9. The summed E-state index contributed by atoms with van der Waals surface area (Å²) in [7, 11) is -3.31. The van der Waals surface area contributed by atoms with Gasteiger partial charge in [-0.05, 0) is 41.9 Å². The number of hydrogen-bond donors (Lipinski definition) is 2. The fourth-order valence-electron chi connectivity index (χ4n) is 3.73. The van der Waals surface area contributed by atoms with Gasteiger partial charge in [-0.25, -0.2) is 13.1 Å². The van der Waals surface area contributed by atoms with Crippen LogP contribution in [0.4, 0.5) is 0 Å². The van der Waals surface area contributed by atoms with Crippen molar-refractivity contribution in [3.05, 3.63) is 34.9 Å². The molecule has 1 fully saturated rings. The van der Waals surface area contributed by atoms with Crippen molar-refractivity contribution in [2.75, 3.05) is 25.4 Å². The summed E-state index contributed by atoms with van der Waals surface area (Å²) in [5.41, 5.74) is 3.85. The van der Waals surface area contributed by atoms with Crippen LogP contribution in [0.3, 0.4) is 0 Å². The molecule has 24 heavy (non-hydrogen) atoms. The van der Waals surface area contributed by atoms with Gasteiger partial charge in [0, 0.05) is 25.7 Å². The maximum atomic E-state index is 12.4. The lowest BCUT2D eigenvalue weighted by Gasteiger charge is -2.35. The molecule has 6 heteroatoms. The molecule has 134 valence electrons. The molecule has 5 nitrogen and oxygen atoms in total. The van der Waals surface area contributed by atoms with Crippen molar-refractivity contribution in [3.63, 3.8) is 0 Å². The number of likely N-dealkylation sites (tertiary alicyclic amines) is 1. The summed E-state index contributed by atoms with van der Waals surface area (Å²) in [6.45, 7) is 6.07. The number of benzene rings is 1. The highest BCUT2D eigenvalue weighted by molar-refractivity contribution is 7.89. The fraction of sp³-hybridized carbons (Fsp3) is 0.667. The Morgan fingerprint density at radius 3 is 2.75 bits per heavy atom. The molecule has 0 aromatic heterocycles. The van der Waals surface area contributed by atoms with E-state index in [-0.39, 0.29) is 17.9 Å². The minimum absolute atomic E-state index is 0.0945. The molecule has 0 spiro atoms. The van der Waals surface area contributed by atoms with Crippen LogP contribution in [0.5, 0.6) is 0 Å². The highest BCUT2D eigenvalue weighted by atomic mass is 32.2. The van der Waals surface area contributed by atoms with E-state index in [1.54, 1.807) is 0 Å². The van der Waals surface area contributed by atoms with E-state index >= 15 is 0 Å². The predicted octanol–water partition coefficient (Wildman–Crippen LogP) is 1.47. The maximum Gasteiger partial charge on any atom is 0.213 e. The van der Waals surface area contributed by atoms with Crippen molar-refractivity contribution in [3.8, 4) is 0 Å². The minimum Gasteiger partial charge on any atom is -0.390 e. The normalized spacial score (nSPS) is 21.9. The van der Waals surface area contributed by atoms with E-state index in [9.17, 15) is 13.5 Å². The van der Waals surface area contributed by atoms with Crippen molar-refractivity contribution in [1.82, 2.24) is 9.62 Å². The van der Waals surface area contributed by atoms with Crippen LogP contribution < -0.4 is 4.72 Å². The highest BCUT2D eigenvalue weighted by Crippen LogP contribution is 2.34. The number of hydrogen-bond acceptors (Lipinski definition) is 4. The largest absolute Gasteiger partial charge is 0.390 e. The van der Waals surface area contributed by atoms with Crippen LogP contribution in [0, 0.1) is 5.92 Å². The molecule has 1 aliphatic heterocycles. The number of rotatable bonds is 7. The lowest BCUT2D eigenvalue weighted by Crippen LogP contribution is -2.52. The van der Waals surface area contributed by atoms with Gasteiger partial charge < -0.3 is 5.11 Å². The molecule has 2 N–H and O–H groups in total. The first-order valence-electron chi connectivity index (χ1n) is 8.85. The molecule has 1 atom stereocenters. The Hall–Kier alpha value is -0.950. The standard InChI is InChI=1S/C18H28N2O3S/c1-13(2)10-14-4-3-5-17-16(14)6-7-18(17)19-24(22,23)9-8-20-11-15(21)12-20/h3-5,13,15,18-19,21H,6-12H2,1-2H3. The third-order valence-electron chi connectivity index (χ3n) is 4.93. The summed E-state index contributed by atoms with van der Waals surface area (Å²) < 4.78 is 27.7. The van der Waals surface area contributed by atoms with Crippen LogP contribution in [0.2, 0.25) is 0 Å². The van der Waals surface area contributed by atoms with E-state index in [2.05, 4.69) is 30.7 Å². The van der Waals surface area contributed by atoms with Gasteiger partial charge in [0.15, 0.2) is 0 Å². The van der Waals surface area contributed by atoms with Crippen molar-refractivity contribution >= 4 is 10.0 Å². The average Bonchev–Trinajstić information content (AvgIpc) is 2.86. The first-order chi connectivity index (χ1) is 11.3. The zero-order chi connectivity index (χ0) is 17.3. The number of sulfonamides is 1. The number of β-amino-alcohol motifs (C(OH)–C–C–N with tert-alkyl or cyclic N) is 1. The van der Waals surface area contributed by atoms with Gasteiger partial charge in [0.2, 0.25) is 10.0 Å². The molecule has 1 aromatic rings. The van der Waals surface area contributed by atoms with Gasteiger partial charge in [0.05, 0.1) is 11.9 Å². The Bertz CT molecular complexity index is 682. The minimum atomic E-state index is -3.31. The second kappa shape index (κ2) is 7.12. The number of nitrogens with zero attached hydrogens (tertiary/aromatic N) is 1. The molecule has 0 radical (unpaired) electrons. The maximum absolute atomic E-state index is 12.4. The van der Waals surface area contributed by atoms with E-state index in [1.165, 1.54) is 11.1 Å². The summed E-state index contributed by atoms with van der Waals surface area (Å²) in [6, 6.07) is 6.18. The molecule has 0 saturated carbocycles. The lowest BCUT2D eigenvalue weighted by atomic mass is 9.95. The molecule has 1 heterocycles. The molecule has 2 aliphatic rings. The number of nitrogens with one attached hydrogen (secondary N) is 1. The van der Waals surface area contributed by atoms with E-state index in [0.717, 1.165) is 24.8 Å². The monoisotopic (exact) mass is 352 g/mol. The smallest absolute Gasteiger partial charge is 0.213 e. The van der Waals surface area contributed by atoms with Crippen LogP contribution in [0.25, 0.3) is 0 Å². The van der Waals surface area contributed by atoms with Gasteiger partial charge in [-0.3, -0.25) is 4.90 Å². The predicted molar refractivity (Wildman–Crippen MR) is 95.4 cm³/mol. The molecule has 1 aliphatic carbocycles. The van der Waals surface area contributed by atoms with E-state index in [0.29, 0.717) is 25.6 Å². The molecule has 0 bridgehead atoms. The summed E-state index contributed by atoms with van der Waals surface area (Å²) in [5.74, 6) is 0.691. The molecule has 1 aromatic carbocycles. The van der Waals surface area contributed by atoms with E-state index in [4.69, 9.17) is 0 Å². The fourth-order valence-corrected chi connectivity index (χ4v) is 5.03. The zero-order valence-corrected chi connectivity index (χ0v) is 15.3. The number of aliphatic hydroxyl groups is 1. The second-order valence-electron chi connectivity index (χ2n) is 7.52. The zero-order valence-electron chi connectivity index (χ0n) is 14.5. The average molecular weight is 353 g/mol. The van der Waals surface area contributed by atoms with Crippen LogP contribution in [-0.2, 0) is 22.9 Å².